The average molecular weight is 567 g/mol. The van der Waals surface area contributed by atoms with E-state index >= 15 is 0 Å². The monoisotopic (exact) mass is 566 g/mol. The summed E-state index contributed by atoms with van der Waals surface area (Å²) in [4.78, 5) is 12.6. The van der Waals surface area contributed by atoms with Crippen LogP contribution in [0.25, 0.3) is 5.69 Å². The summed E-state index contributed by atoms with van der Waals surface area (Å²) < 4.78 is 56.1. The van der Waals surface area contributed by atoms with E-state index in [-0.39, 0.29) is 35.0 Å². The number of amides is 1. The van der Waals surface area contributed by atoms with E-state index < -0.39 is 21.7 Å². The highest BCUT2D eigenvalue weighted by Gasteiger charge is 2.23. The molecule has 1 aromatic heterocycles. The van der Waals surface area contributed by atoms with Crippen molar-refractivity contribution < 1.29 is 27.1 Å². The predicted octanol–water partition coefficient (Wildman–Crippen LogP) is 4.81. The fourth-order valence-electron chi connectivity index (χ4n) is 4.03. The van der Waals surface area contributed by atoms with Crippen molar-refractivity contribution in [3.63, 3.8) is 0 Å². The first kappa shape index (κ1) is 28.8. The molecule has 4 rings (SSSR count). The minimum absolute atomic E-state index is 0.0604. The highest BCUT2D eigenvalue weighted by Crippen LogP contribution is 2.28. The van der Waals surface area contributed by atoms with Crippen LogP contribution in [-0.2, 0) is 27.8 Å². The molecule has 11 heteroatoms. The van der Waals surface area contributed by atoms with Crippen LogP contribution in [0.15, 0.2) is 78.0 Å². The topological polar surface area (TPSA) is 112 Å². The van der Waals surface area contributed by atoms with Crippen LogP contribution in [0.5, 0.6) is 11.5 Å². The molecule has 40 heavy (non-hydrogen) atoms. The van der Waals surface area contributed by atoms with E-state index in [1.54, 1.807) is 54.9 Å². The van der Waals surface area contributed by atoms with Crippen LogP contribution in [0, 0.1) is 5.82 Å². The number of hydrogen-bond donors (Lipinski definition) is 2. The number of benzene rings is 3. The van der Waals surface area contributed by atoms with Crippen molar-refractivity contribution in [2.45, 2.75) is 37.6 Å². The van der Waals surface area contributed by atoms with E-state index in [2.05, 4.69) is 15.1 Å². The molecule has 3 aromatic carbocycles. The SMILES string of the molecule is COc1ccc(CNS(=O)(=O)c2cc(NC(=O)Cc3ccccc3F)ccc2-n2cc(C(C)C)cn2)c(OC)c1. The van der Waals surface area contributed by atoms with Gasteiger partial charge in [-0.25, -0.2) is 22.2 Å². The fourth-order valence-corrected chi connectivity index (χ4v) is 5.25. The Morgan fingerprint density at radius 2 is 1.80 bits per heavy atom. The molecule has 0 unspecified atom stereocenters. The predicted molar refractivity (Wildman–Crippen MR) is 150 cm³/mol. The molecule has 0 spiro atoms. The van der Waals surface area contributed by atoms with Crippen LogP contribution in [0.2, 0.25) is 0 Å². The maximum atomic E-state index is 14.0. The maximum Gasteiger partial charge on any atom is 0.243 e. The van der Waals surface area contributed by atoms with Crippen molar-refractivity contribution in [2.24, 2.45) is 0 Å². The molecule has 0 fully saturated rings. The zero-order valence-corrected chi connectivity index (χ0v) is 23.5. The van der Waals surface area contributed by atoms with Gasteiger partial charge in [-0.05, 0) is 47.4 Å². The Hall–Kier alpha value is -4.22. The van der Waals surface area contributed by atoms with Gasteiger partial charge in [-0.1, -0.05) is 38.1 Å². The molecule has 0 radical (unpaired) electrons. The second kappa shape index (κ2) is 12.3. The molecular formula is C29H31FN4O5S. The quantitative estimate of drug-likeness (QED) is 0.270. The van der Waals surface area contributed by atoms with Crippen LogP contribution < -0.4 is 19.5 Å². The summed E-state index contributed by atoms with van der Waals surface area (Å²) in [5.74, 6) is 0.244. The van der Waals surface area contributed by atoms with E-state index in [0.717, 1.165) is 5.56 Å². The zero-order valence-electron chi connectivity index (χ0n) is 22.6. The molecule has 0 saturated heterocycles. The van der Waals surface area contributed by atoms with Gasteiger partial charge in [0.25, 0.3) is 0 Å². The molecule has 4 aromatic rings. The summed E-state index contributed by atoms with van der Waals surface area (Å²) in [5, 5.41) is 7.04. The number of methoxy groups -OCH3 is 2. The molecular weight excluding hydrogens is 535 g/mol. The summed E-state index contributed by atoms with van der Waals surface area (Å²) in [6.07, 6.45) is 3.24. The van der Waals surface area contributed by atoms with Gasteiger partial charge in [-0.15, -0.1) is 0 Å². The van der Waals surface area contributed by atoms with Gasteiger partial charge < -0.3 is 14.8 Å². The van der Waals surface area contributed by atoms with Crippen LogP contribution in [-0.4, -0.2) is 38.3 Å². The number of carbonyl (C=O) groups excluding carboxylic acids is 1. The van der Waals surface area contributed by atoms with Crippen LogP contribution in [0.1, 0.15) is 36.5 Å². The van der Waals surface area contributed by atoms with Crippen molar-refractivity contribution in [2.75, 3.05) is 19.5 Å². The number of rotatable bonds is 11. The average Bonchev–Trinajstić information content (AvgIpc) is 3.44. The Morgan fingerprint density at radius 1 is 1.02 bits per heavy atom. The van der Waals surface area contributed by atoms with Gasteiger partial charge in [0.15, 0.2) is 0 Å². The van der Waals surface area contributed by atoms with E-state index in [4.69, 9.17) is 9.47 Å². The minimum atomic E-state index is -4.12. The molecule has 0 aliphatic carbocycles. The normalized spacial score (nSPS) is 11.4. The van der Waals surface area contributed by atoms with E-state index in [1.807, 2.05) is 13.8 Å². The Morgan fingerprint density at radius 3 is 2.48 bits per heavy atom. The number of nitrogens with zero attached hydrogens (tertiary/aromatic N) is 2. The van der Waals surface area contributed by atoms with E-state index in [0.29, 0.717) is 22.7 Å². The van der Waals surface area contributed by atoms with Crippen LogP contribution >= 0.6 is 0 Å². The Kier molecular flexibility index (Phi) is 8.86. The standard InChI is InChI=1S/C29H31FN4O5S/c1-19(2)22-16-31-34(18-22)26-12-10-23(33-29(35)13-20-7-5-6-8-25(20)30)14-28(26)40(36,37)32-17-21-9-11-24(38-3)15-27(21)39-4/h5-12,14-16,18-19,32H,13,17H2,1-4H3,(H,33,35). The molecule has 0 atom stereocenters. The van der Waals surface area contributed by atoms with Crippen molar-refractivity contribution in [1.29, 1.82) is 0 Å². The molecule has 210 valence electrons. The van der Waals surface area contributed by atoms with Crippen LogP contribution in [0.3, 0.4) is 0 Å². The third-order valence-electron chi connectivity index (χ3n) is 6.30. The lowest BCUT2D eigenvalue weighted by atomic mass is 10.1. The van der Waals surface area contributed by atoms with Gasteiger partial charge in [0, 0.05) is 30.1 Å². The molecule has 9 nitrogen and oxygen atoms in total. The Bertz CT molecular complexity index is 1620. The Labute approximate surface area is 233 Å². The van der Waals surface area contributed by atoms with Gasteiger partial charge in [0.2, 0.25) is 15.9 Å². The fraction of sp³-hybridized carbons (Fsp3) is 0.241. The van der Waals surface area contributed by atoms with Crippen molar-refractivity contribution in [3.8, 4) is 17.2 Å². The van der Waals surface area contributed by atoms with Gasteiger partial charge in [0.1, 0.15) is 22.2 Å². The summed E-state index contributed by atoms with van der Waals surface area (Å²) in [6, 6.07) is 15.6. The van der Waals surface area contributed by atoms with Gasteiger partial charge >= 0.3 is 0 Å². The third-order valence-corrected chi connectivity index (χ3v) is 7.74. The number of hydrogen-bond acceptors (Lipinski definition) is 6. The first-order valence-corrected chi connectivity index (χ1v) is 14.0. The number of aromatic nitrogens is 2. The first-order valence-electron chi connectivity index (χ1n) is 12.5. The largest absolute Gasteiger partial charge is 0.497 e. The molecule has 0 aliphatic heterocycles. The first-order chi connectivity index (χ1) is 19.1. The molecule has 1 amide bonds. The second-order valence-corrected chi connectivity index (χ2v) is 11.1. The number of anilines is 1. The summed E-state index contributed by atoms with van der Waals surface area (Å²) >= 11 is 0. The third kappa shape index (κ3) is 6.67. The van der Waals surface area contributed by atoms with Gasteiger partial charge in [0.05, 0.1) is 32.5 Å². The smallest absolute Gasteiger partial charge is 0.243 e. The number of halogens is 1. The highest BCUT2D eigenvalue weighted by molar-refractivity contribution is 7.89. The number of nitrogens with one attached hydrogen (secondary N) is 2. The van der Waals surface area contributed by atoms with Crippen molar-refractivity contribution >= 4 is 21.6 Å². The zero-order chi connectivity index (χ0) is 28.9. The Balaban J connectivity index is 1.66. The van der Waals surface area contributed by atoms with E-state index in [9.17, 15) is 17.6 Å². The lowest BCUT2D eigenvalue weighted by molar-refractivity contribution is -0.115. The molecule has 2 N–H and O–H groups in total. The maximum absolute atomic E-state index is 14.0. The second-order valence-electron chi connectivity index (χ2n) is 9.37. The lowest BCUT2D eigenvalue weighted by Gasteiger charge is -2.15. The minimum Gasteiger partial charge on any atom is -0.497 e. The lowest BCUT2D eigenvalue weighted by Crippen LogP contribution is -2.25. The molecule has 0 aliphatic rings. The number of sulfonamides is 1. The van der Waals surface area contributed by atoms with E-state index in [1.165, 1.54) is 37.1 Å². The summed E-state index contributed by atoms with van der Waals surface area (Å²) in [7, 11) is -1.10. The van der Waals surface area contributed by atoms with Crippen molar-refractivity contribution in [3.05, 3.63) is 95.6 Å². The molecule has 0 bridgehead atoms. The number of ether oxygens (including phenoxy) is 2. The summed E-state index contributed by atoms with van der Waals surface area (Å²) in [5.41, 5.74) is 2.31. The van der Waals surface area contributed by atoms with Gasteiger partial charge in [-0.3, -0.25) is 4.79 Å². The van der Waals surface area contributed by atoms with Crippen LogP contribution in [0.4, 0.5) is 10.1 Å². The number of carbonyl (C=O) groups is 1. The summed E-state index contributed by atoms with van der Waals surface area (Å²) in [6.45, 7) is 3.96. The molecule has 1 heterocycles. The molecule has 0 saturated carbocycles. The van der Waals surface area contributed by atoms with Crippen molar-refractivity contribution in [1.82, 2.24) is 14.5 Å². The highest BCUT2D eigenvalue weighted by atomic mass is 32.2. The van der Waals surface area contributed by atoms with Gasteiger partial charge in [-0.2, -0.15) is 5.10 Å².